The van der Waals surface area contributed by atoms with Gasteiger partial charge in [0.2, 0.25) is 0 Å². The van der Waals surface area contributed by atoms with E-state index in [0.29, 0.717) is 36.9 Å². The Hall–Kier alpha value is -2.48. The summed E-state index contributed by atoms with van der Waals surface area (Å²) >= 11 is 12.1. The number of rotatable bonds is 10. The fraction of sp³-hybridized carbons (Fsp3) is 0.440. The van der Waals surface area contributed by atoms with Gasteiger partial charge in [0, 0.05) is 61.4 Å². The number of piperazine rings is 1. The molecule has 1 aromatic heterocycles. The van der Waals surface area contributed by atoms with E-state index in [1.54, 1.807) is 21.4 Å². The van der Waals surface area contributed by atoms with Gasteiger partial charge < -0.3 is 9.64 Å². The molecule has 0 amide bonds. The Bertz CT molecular complexity index is 1140. The number of ether oxygens (including phenoxy) is 1. The first-order chi connectivity index (χ1) is 16.5. The molecule has 34 heavy (non-hydrogen) atoms. The van der Waals surface area contributed by atoms with E-state index in [1.807, 2.05) is 37.3 Å². The second-order valence-corrected chi connectivity index (χ2v) is 9.27. The second-order valence-electron chi connectivity index (χ2n) is 8.40. The zero-order valence-electron chi connectivity index (χ0n) is 19.5. The van der Waals surface area contributed by atoms with E-state index >= 15 is 0 Å². The molecule has 2 aromatic carbocycles. The van der Waals surface area contributed by atoms with Crippen LogP contribution in [0.2, 0.25) is 10.0 Å². The van der Waals surface area contributed by atoms with Crippen molar-refractivity contribution in [2.45, 2.75) is 32.9 Å². The molecule has 0 unspecified atom stereocenters. The lowest BCUT2D eigenvalue weighted by molar-refractivity contribution is 0.248. The first-order valence-electron chi connectivity index (χ1n) is 11.8. The van der Waals surface area contributed by atoms with Gasteiger partial charge in [0.1, 0.15) is 18.2 Å². The average molecular weight is 504 g/mol. The monoisotopic (exact) mass is 503 g/mol. The van der Waals surface area contributed by atoms with Gasteiger partial charge in [-0.3, -0.25) is 9.47 Å². The molecule has 1 aliphatic rings. The number of hydrogen-bond donors (Lipinski definition) is 0. The summed E-state index contributed by atoms with van der Waals surface area (Å²) < 4.78 is 9.08. The molecule has 1 fully saturated rings. The van der Waals surface area contributed by atoms with Gasteiger partial charge in [-0.05, 0) is 42.8 Å². The van der Waals surface area contributed by atoms with Crippen molar-refractivity contribution in [2.24, 2.45) is 0 Å². The molecule has 1 aliphatic heterocycles. The van der Waals surface area contributed by atoms with Crippen molar-refractivity contribution in [1.29, 1.82) is 0 Å². The van der Waals surface area contributed by atoms with Crippen molar-refractivity contribution < 1.29 is 4.74 Å². The molecular weight excluding hydrogens is 473 g/mol. The molecule has 0 aliphatic carbocycles. The number of benzene rings is 2. The van der Waals surface area contributed by atoms with E-state index in [0.717, 1.165) is 50.0 Å². The van der Waals surface area contributed by atoms with Crippen molar-refractivity contribution >= 4 is 28.9 Å². The van der Waals surface area contributed by atoms with E-state index in [-0.39, 0.29) is 5.69 Å². The zero-order valence-corrected chi connectivity index (χ0v) is 21.0. The fourth-order valence-electron chi connectivity index (χ4n) is 4.28. The summed E-state index contributed by atoms with van der Waals surface area (Å²) in [7, 11) is 0. The molecule has 0 atom stereocenters. The fourth-order valence-corrected chi connectivity index (χ4v) is 4.64. The third kappa shape index (κ3) is 6.34. The Morgan fingerprint density at radius 1 is 0.941 bits per heavy atom. The highest BCUT2D eigenvalue weighted by Gasteiger charge is 2.18. The predicted molar refractivity (Wildman–Crippen MR) is 138 cm³/mol. The highest BCUT2D eigenvalue weighted by Crippen LogP contribution is 2.21. The largest absolute Gasteiger partial charge is 0.492 e. The molecule has 0 radical (unpaired) electrons. The molecule has 182 valence electrons. The topological polar surface area (TPSA) is 55.5 Å². The van der Waals surface area contributed by atoms with Crippen LogP contribution in [0.1, 0.15) is 19.2 Å². The lowest BCUT2D eigenvalue weighted by Crippen LogP contribution is -2.46. The Morgan fingerprint density at radius 3 is 2.38 bits per heavy atom. The van der Waals surface area contributed by atoms with Gasteiger partial charge in [0.25, 0.3) is 0 Å². The SMILES string of the molecule is CCc1nn(CCCN2CCN(c3cccc(Cl)c3)CC2)c(=O)n1CCOc1cccc(Cl)c1. The van der Waals surface area contributed by atoms with E-state index in [9.17, 15) is 4.79 Å². The number of hydrogen-bond acceptors (Lipinski definition) is 5. The summed E-state index contributed by atoms with van der Waals surface area (Å²) in [5.74, 6) is 1.48. The van der Waals surface area contributed by atoms with E-state index in [4.69, 9.17) is 27.9 Å². The summed E-state index contributed by atoms with van der Waals surface area (Å²) in [6.07, 6.45) is 1.58. The van der Waals surface area contributed by atoms with Crippen molar-refractivity contribution in [1.82, 2.24) is 19.2 Å². The molecule has 2 heterocycles. The standard InChI is InChI=1S/C25H31Cl2N5O2/c1-2-24-28-32(25(33)31(24)16-17-34-23-9-4-7-21(27)19-23)11-5-10-29-12-14-30(15-13-29)22-8-3-6-20(26)18-22/h3-4,6-9,18-19H,2,5,10-17H2,1H3. The smallest absolute Gasteiger partial charge is 0.346 e. The van der Waals surface area contributed by atoms with Gasteiger partial charge in [0.15, 0.2) is 0 Å². The van der Waals surface area contributed by atoms with Crippen LogP contribution in [0, 0.1) is 0 Å². The molecule has 1 saturated heterocycles. The maximum atomic E-state index is 12.9. The number of aryl methyl sites for hydroxylation is 2. The highest BCUT2D eigenvalue weighted by atomic mass is 35.5. The lowest BCUT2D eigenvalue weighted by atomic mass is 10.2. The Labute approximate surface area is 210 Å². The summed E-state index contributed by atoms with van der Waals surface area (Å²) in [5, 5.41) is 5.96. The quantitative estimate of drug-likeness (QED) is 0.414. The van der Waals surface area contributed by atoms with Crippen LogP contribution in [0.15, 0.2) is 53.3 Å². The van der Waals surface area contributed by atoms with Crippen LogP contribution >= 0.6 is 23.2 Å². The maximum absolute atomic E-state index is 12.9. The molecular formula is C25H31Cl2N5O2. The van der Waals surface area contributed by atoms with Crippen molar-refractivity contribution in [3.8, 4) is 5.75 Å². The van der Waals surface area contributed by atoms with Gasteiger partial charge in [-0.15, -0.1) is 0 Å². The van der Waals surface area contributed by atoms with Gasteiger partial charge in [-0.2, -0.15) is 5.10 Å². The molecule has 7 nitrogen and oxygen atoms in total. The van der Waals surface area contributed by atoms with Crippen LogP contribution in [0.4, 0.5) is 5.69 Å². The minimum atomic E-state index is -0.0719. The summed E-state index contributed by atoms with van der Waals surface area (Å²) in [4.78, 5) is 17.7. The lowest BCUT2D eigenvalue weighted by Gasteiger charge is -2.36. The predicted octanol–water partition coefficient (Wildman–Crippen LogP) is 4.21. The van der Waals surface area contributed by atoms with Crippen molar-refractivity contribution in [2.75, 3.05) is 44.2 Å². The van der Waals surface area contributed by atoms with Crippen LogP contribution in [0.25, 0.3) is 0 Å². The Morgan fingerprint density at radius 2 is 1.68 bits per heavy atom. The minimum absolute atomic E-state index is 0.0719. The summed E-state index contributed by atoms with van der Waals surface area (Å²) in [6.45, 7) is 8.36. The number of aromatic nitrogens is 3. The molecule has 3 aromatic rings. The van der Waals surface area contributed by atoms with Crippen LogP contribution < -0.4 is 15.3 Å². The van der Waals surface area contributed by atoms with E-state index < -0.39 is 0 Å². The van der Waals surface area contributed by atoms with Crippen LogP contribution in [0.5, 0.6) is 5.75 Å². The number of halogens is 2. The van der Waals surface area contributed by atoms with E-state index in [2.05, 4.69) is 21.0 Å². The second kappa shape index (κ2) is 11.8. The minimum Gasteiger partial charge on any atom is -0.492 e. The molecule has 0 saturated carbocycles. The summed E-state index contributed by atoms with van der Waals surface area (Å²) in [6, 6.07) is 15.3. The van der Waals surface area contributed by atoms with Crippen molar-refractivity contribution in [3.05, 3.63) is 74.9 Å². The third-order valence-corrected chi connectivity index (χ3v) is 6.56. The molecule has 0 spiro atoms. The van der Waals surface area contributed by atoms with Gasteiger partial charge in [-0.1, -0.05) is 42.3 Å². The first-order valence-corrected chi connectivity index (χ1v) is 12.6. The molecule has 0 bridgehead atoms. The van der Waals surface area contributed by atoms with Crippen molar-refractivity contribution in [3.63, 3.8) is 0 Å². The molecule has 0 N–H and O–H groups in total. The van der Waals surface area contributed by atoms with Crippen LogP contribution in [-0.2, 0) is 19.5 Å². The Balaban J connectivity index is 1.25. The van der Waals surface area contributed by atoms with Gasteiger partial charge >= 0.3 is 5.69 Å². The van der Waals surface area contributed by atoms with Gasteiger partial charge in [-0.25, -0.2) is 9.48 Å². The van der Waals surface area contributed by atoms with Crippen LogP contribution in [-0.4, -0.2) is 58.6 Å². The third-order valence-electron chi connectivity index (χ3n) is 6.09. The Kier molecular flexibility index (Phi) is 8.53. The average Bonchev–Trinajstić information content (AvgIpc) is 3.14. The first kappa shape index (κ1) is 24.6. The van der Waals surface area contributed by atoms with Gasteiger partial charge in [0.05, 0.1) is 6.54 Å². The van der Waals surface area contributed by atoms with E-state index in [1.165, 1.54) is 5.69 Å². The molecule has 9 heteroatoms. The number of nitrogens with zero attached hydrogens (tertiary/aromatic N) is 5. The maximum Gasteiger partial charge on any atom is 0.346 e. The molecule has 4 rings (SSSR count). The number of anilines is 1. The highest BCUT2D eigenvalue weighted by molar-refractivity contribution is 6.31. The zero-order chi connectivity index (χ0) is 23.9. The normalized spacial score (nSPS) is 14.5. The van der Waals surface area contributed by atoms with Crippen LogP contribution in [0.3, 0.4) is 0 Å². The summed E-state index contributed by atoms with van der Waals surface area (Å²) in [5.41, 5.74) is 1.10.